The molecule has 0 unspecified atom stereocenters. The second kappa shape index (κ2) is 7.13. The number of rotatable bonds is 4. The average molecular weight is 373 g/mol. The standard InChI is InChI=1S/C18H21BrN4/c19-15-7-5-6-14(12-15)18(9-2-3-10-18)13-22-17(20)23-16-8-1-4-11-21-16/h1,4-8,11-12H,2-3,9-10,13H2,(H3,20,21,22,23). The lowest BCUT2D eigenvalue weighted by Crippen LogP contribution is -2.30. The molecule has 0 bridgehead atoms. The topological polar surface area (TPSA) is 63.3 Å². The van der Waals surface area contributed by atoms with Crippen molar-refractivity contribution < 1.29 is 0 Å². The van der Waals surface area contributed by atoms with Gasteiger partial charge >= 0.3 is 0 Å². The molecule has 0 saturated heterocycles. The molecule has 0 atom stereocenters. The van der Waals surface area contributed by atoms with Crippen LogP contribution in [0.15, 0.2) is 58.1 Å². The van der Waals surface area contributed by atoms with Gasteiger partial charge in [-0.2, -0.15) is 0 Å². The lowest BCUT2D eigenvalue weighted by molar-refractivity contribution is 0.454. The van der Waals surface area contributed by atoms with Crippen LogP contribution >= 0.6 is 15.9 Å². The lowest BCUT2D eigenvalue weighted by atomic mass is 9.79. The van der Waals surface area contributed by atoms with E-state index in [1.807, 2.05) is 18.2 Å². The summed E-state index contributed by atoms with van der Waals surface area (Å²) in [6, 6.07) is 14.2. The van der Waals surface area contributed by atoms with E-state index in [1.54, 1.807) is 6.20 Å². The Balaban J connectivity index is 1.76. The molecule has 0 aliphatic heterocycles. The fourth-order valence-corrected chi connectivity index (χ4v) is 3.65. The Hall–Kier alpha value is -1.88. The Labute approximate surface area is 145 Å². The number of guanidine groups is 1. The van der Waals surface area contributed by atoms with Crippen LogP contribution in [-0.4, -0.2) is 17.5 Å². The van der Waals surface area contributed by atoms with Gasteiger partial charge in [-0.25, -0.2) is 4.98 Å². The number of hydrogen-bond acceptors (Lipinski definition) is 2. The van der Waals surface area contributed by atoms with Crippen molar-refractivity contribution in [1.82, 2.24) is 4.98 Å². The predicted octanol–water partition coefficient (Wildman–Crippen LogP) is 4.08. The first-order valence-corrected chi connectivity index (χ1v) is 8.71. The summed E-state index contributed by atoms with van der Waals surface area (Å²) in [5.41, 5.74) is 7.48. The summed E-state index contributed by atoms with van der Waals surface area (Å²) >= 11 is 3.58. The Kier molecular flexibility index (Phi) is 4.96. The molecular formula is C18H21BrN4. The molecular weight excluding hydrogens is 352 g/mol. The van der Waals surface area contributed by atoms with E-state index in [0.29, 0.717) is 12.5 Å². The molecule has 120 valence electrons. The van der Waals surface area contributed by atoms with E-state index in [1.165, 1.54) is 18.4 Å². The highest BCUT2D eigenvalue weighted by Crippen LogP contribution is 2.42. The van der Waals surface area contributed by atoms with Crippen molar-refractivity contribution in [3.63, 3.8) is 0 Å². The minimum absolute atomic E-state index is 0.0974. The van der Waals surface area contributed by atoms with Crippen molar-refractivity contribution in [2.45, 2.75) is 31.1 Å². The summed E-state index contributed by atoms with van der Waals surface area (Å²) in [6.07, 6.45) is 6.54. The number of nitrogens with two attached hydrogens (primary N) is 1. The third kappa shape index (κ3) is 3.91. The fraction of sp³-hybridized carbons (Fsp3) is 0.333. The van der Waals surface area contributed by atoms with Crippen LogP contribution in [0.5, 0.6) is 0 Å². The third-order valence-corrected chi connectivity index (χ3v) is 4.96. The number of benzene rings is 1. The van der Waals surface area contributed by atoms with Crippen LogP contribution in [0.2, 0.25) is 0 Å². The number of halogens is 1. The Bertz CT molecular complexity index is 678. The molecule has 2 aromatic rings. The van der Waals surface area contributed by atoms with Crippen LogP contribution in [0, 0.1) is 0 Å². The number of pyridine rings is 1. The zero-order chi connectivity index (χ0) is 16.1. The van der Waals surface area contributed by atoms with Gasteiger partial charge in [-0.15, -0.1) is 0 Å². The first-order valence-electron chi connectivity index (χ1n) is 7.92. The second-order valence-corrected chi connectivity index (χ2v) is 6.95. The van der Waals surface area contributed by atoms with Gasteiger partial charge in [0.1, 0.15) is 5.82 Å². The number of nitrogens with one attached hydrogen (secondary N) is 1. The molecule has 5 heteroatoms. The molecule has 4 nitrogen and oxygen atoms in total. The molecule has 3 rings (SSSR count). The zero-order valence-electron chi connectivity index (χ0n) is 13.0. The van der Waals surface area contributed by atoms with E-state index in [2.05, 4.69) is 55.5 Å². The second-order valence-electron chi connectivity index (χ2n) is 6.04. The molecule has 1 aromatic heterocycles. The van der Waals surface area contributed by atoms with E-state index in [0.717, 1.165) is 23.1 Å². The number of nitrogens with zero attached hydrogens (tertiary/aromatic N) is 2. The van der Waals surface area contributed by atoms with Crippen LogP contribution < -0.4 is 11.1 Å². The maximum atomic E-state index is 6.04. The van der Waals surface area contributed by atoms with Gasteiger partial charge in [0.2, 0.25) is 0 Å². The molecule has 0 radical (unpaired) electrons. The number of aromatic nitrogens is 1. The summed E-state index contributed by atoms with van der Waals surface area (Å²) in [5.74, 6) is 1.14. The van der Waals surface area contributed by atoms with Crippen molar-refractivity contribution in [1.29, 1.82) is 0 Å². The van der Waals surface area contributed by atoms with Crippen LogP contribution in [0.25, 0.3) is 0 Å². The average Bonchev–Trinajstić information content (AvgIpc) is 3.04. The highest BCUT2D eigenvalue weighted by atomic mass is 79.9. The quantitative estimate of drug-likeness (QED) is 0.627. The Morgan fingerprint density at radius 3 is 2.74 bits per heavy atom. The summed E-state index contributed by atoms with van der Waals surface area (Å²) in [7, 11) is 0. The van der Waals surface area contributed by atoms with Crippen molar-refractivity contribution in [2.24, 2.45) is 10.7 Å². The molecule has 1 heterocycles. The summed E-state index contributed by atoms with van der Waals surface area (Å²) in [6.45, 7) is 0.703. The van der Waals surface area contributed by atoms with Gasteiger partial charge in [0.15, 0.2) is 5.96 Å². The van der Waals surface area contributed by atoms with Crippen LogP contribution in [-0.2, 0) is 5.41 Å². The largest absolute Gasteiger partial charge is 0.370 e. The molecule has 1 fully saturated rings. The fourth-order valence-electron chi connectivity index (χ4n) is 3.25. The van der Waals surface area contributed by atoms with Gasteiger partial charge < -0.3 is 11.1 Å². The highest BCUT2D eigenvalue weighted by molar-refractivity contribution is 9.10. The van der Waals surface area contributed by atoms with Crippen molar-refractivity contribution in [2.75, 3.05) is 11.9 Å². The van der Waals surface area contributed by atoms with Gasteiger partial charge in [0.25, 0.3) is 0 Å². The number of anilines is 1. The van der Waals surface area contributed by atoms with Crippen molar-refractivity contribution in [3.8, 4) is 0 Å². The molecule has 23 heavy (non-hydrogen) atoms. The van der Waals surface area contributed by atoms with E-state index >= 15 is 0 Å². The first kappa shape index (κ1) is 16.0. The summed E-state index contributed by atoms with van der Waals surface area (Å²) < 4.78 is 1.12. The number of aliphatic imine (C=N–C) groups is 1. The van der Waals surface area contributed by atoms with E-state index in [-0.39, 0.29) is 5.41 Å². The predicted molar refractivity (Wildman–Crippen MR) is 98.6 cm³/mol. The minimum atomic E-state index is 0.0974. The van der Waals surface area contributed by atoms with Gasteiger partial charge in [-0.3, -0.25) is 4.99 Å². The minimum Gasteiger partial charge on any atom is -0.370 e. The highest BCUT2D eigenvalue weighted by Gasteiger charge is 2.35. The van der Waals surface area contributed by atoms with Crippen molar-refractivity contribution in [3.05, 3.63) is 58.7 Å². The van der Waals surface area contributed by atoms with E-state index in [4.69, 9.17) is 5.73 Å². The van der Waals surface area contributed by atoms with E-state index < -0.39 is 0 Å². The molecule has 1 saturated carbocycles. The molecule has 1 aromatic carbocycles. The molecule has 0 amide bonds. The van der Waals surface area contributed by atoms with Crippen molar-refractivity contribution >= 4 is 27.7 Å². The first-order chi connectivity index (χ1) is 11.2. The molecule has 1 aliphatic rings. The SMILES string of the molecule is NC(=NCC1(c2cccc(Br)c2)CCCC1)Nc1ccccn1. The molecule has 3 N–H and O–H groups in total. The van der Waals surface area contributed by atoms with E-state index in [9.17, 15) is 0 Å². The van der Waals surface area contributed by atoms with Gasteiger partial charge in [0, 0.05) is 16.1 Å². The summed E-state index contributed by atoms with van der Waals surface area (Å²) in [4.78, 5) is 8.82. The Morgan fingerprint density at radius 2 is 2.04 bits per heavy atom. The Morgan fingerprint density at radius 1 is 1.22 bits per heavy atom. The monoisotopic (exact) mass is 372 g/mol. The van der Waals surface area contributed by atoms with Crippen LogP contribution in [0.3, 0.4) is 0 Å². The lowest BCUT2D eigenvalue weighted by Gasteiger charge is -2.28. The maximum absolute atomic E-state index is 6.04. The van der Waals surface area contributed by atoms with Gasteiger partial charge in [0.05, 0.1) is 6.54 Å². The third-order valence-electron chi connectivity index (χ3n) is 4.47. The zero-order valence-corrected chi connectivity index (χ0v) is 14.6. The molecule has 0 spiro atoms. The maximum Gasteiger partial charge on any atom is 0.194 e. The van der Waals surface area contributed by atoms with Crippen LogP contribution in [0.1, 0.15) is 31.2 Å². The number of hydrogen-bond donors (Lipinski definition) is 2. The smallest absolute Gasteiger partial charge is 0.194 e. The molecule has 1 aliphatic carbocycles. The van der Waals surface area contributed by atoms with Gasteiger partial charge in [-0.1, -0.05) is 47.0 Å². The van der Waals surface area contributed by atoms with Crippen LogP contribution in [0.4, 0.5) is 5.82 Å². The summed E-state index contributed by atoms with van der Waals surface area (Å²) in [5, 5.41) is 3.05. The normalized spacial score (nSPS) is 17.2. The van der Waals surface area contributed by atoms with Gasteiger partial charge in [-0.05, 0) is 42.7 Å².